The molecule has 17 heavy (non-hydrogen) atoms. The van der Waals surface area contributed by atoms with Gasteiger partial charge in [0.2, 0.25) is 0 Å². The smallest absolute Gasteiger partial charge is 0.191 e. The van der Waals surface area contributed by atoms with Gasteiger partial charge in [-0.2, -0.15) is 0 Å². The highest BCUT2D eigenvalue weighted by Gasteiger charge is 1.97. The van der Waals surface area contributed by atoms with Crippen molar-refractivity contribution in [3.8, 4) is 0 Å². The fraction of sp³-hybridized carbons (Fsp3) is 0.462. The number of hydrogen-bond acceptors (Lipinski definition) is 1. The van der Waals surface area contributed by atoms with Crippen LogP contribution in [0.2, 0.25) is 0 Å². The number of guanidine groups is 1. The first-order valence-electron chi connectivity index (χ1n) is 5.95. The van der Waals surface area contributed by atoms with Gasteiger partial charge in [-0.3, -0.25) is 4.99 Å². The van der Waals surface area contributed by atoms with Gasteiger partial charge in [-0.1, -0.05) is 41.4 Å². The van der Waals surface area contributed by atoms with Crippen molar-refractivity contribution >= 4 is 21.9 Å². The highest BCUT2D eigenvalue weighted by atomic mass is 79.9. The van der Waals surface area contributed by atoms with Crippen LogP contribution in [0.15, 0.2) is 33.7 Å². The lowest BCUT2D eigenvalue weighted by Crippen LogP contribution is -2.37. The molecule has 0 aliphatic heterocycles. The standard InChI is InChI=1S/C13H20BrN3/c1-3-4-8-16-13(15-2)17-10-11-6-5-7-12(14)9-11/h5-7,9H,3-4,8,10H2,1-2H3,(H2,15,16,17). The maximum Gasteiger partial charge on any atom is 0.191 e. The van der Waals surface area contributed by atoms with Crippen LogP contribution in [0.3, 0.4) is 0 Å². The molecule has 2 N–H and O–H groups in total. The number of halogens is 1. The van der Waals surface area contributed by atoms with Crippen LogP contribution in [0.1, 0.15) is 25.3 Å². The van der Waals surface area contributed by atoms with Gasteiger partial charge in [0.15, 0.2) is 5.96 Å². The van der Waals surface area contributed by atoms with E-state index in [4.69, 9.17) is 0 Å². The summed E-state index contributed by atoms with van der Waals surface area (Å²) in [6, 6.07) is 8.26. The minimum atomic E-state index is 0.783. The van der Waals surface area contributed by atoms with E-state index >= 15 is 0 Å². The lowest BCUT2D eigenvalue weighted by atomic mass is 10.2. The third-order valence-corrected chi connectivity index (χ3v) is 2.89. The van der Waals surface area contributed by atoms with E-state index in [1.165, 1.54) is 12.0 Å². The molecule has 0 unspecified atom stereocenters. The molecule has 0 aliphatic rings. The summed E-state index contributed by atoms with van der Waals surface area (Å²) in [5, 5.41) is 6.57. The SMILES string of the molecule is CCCCNC(=NC)NCc1cccc(Br)c1. The molecule has 0 spiro atoms. The van der Waals surface area contributed by atoms with Gasteiger partial charge in [0, 0.05) is 24.6 Å². The summed E-state index contributed by atoms with van der Waals surface area (Å²) in [7, 11) is 1.79. The zero-order valence-corrected chi connectivity index (χ0v) is 12.0. The number of nitrogens with zero attached hydrogens (tertiary/aromatic N) is 1. The summed E-state index contributed by atoms with van der Waals surface area (Å²) in [5.74, 6) is 0.860. The summed E-state index contributed by atoms with van der Waals surface area (Å²) in [4.78, 5) is 4.18. The number of rotatable bonds is 5. The molecule has 0 aromatic heterocycles. The van der Waals surface area contributed by atoms with E-state index in [2.05, 4.69) is 50.6 Å². The van der Waals surface area contributed by atoms with Crippen LogP contribution in [0.5, 0.6) is 0 Å². The predicted molar refractivity (Wildman–Crippen MR) is 77.3 cm³/mol. The van der Waals surface area contributed by atoms with Crippen LogP contribution in [-0.2, 0) is 6.54 Å². The topological polar surface area (TPSA) is 36.4 Å². The molecule has 1 aromatic carbocycles. The van der Waals surface area contributed by atoms with Crippen molar-refractivity contribution in [3.63, 3.8) is 0 Å². The first-order chi connectivity index (χ1) is 8.26. The Balaban J connectivity index is 2.37. The number of unbranched alkanes of at least 4 members (excludes halogenated alkanes) is 1. The second-order valence-electron chi connectivity index (χ2n) is 3.84. The average molecular weight is 298 g/mol. The predicted octanol–water partition coefficient (Wildman–Crippen LogP) is 2.91. The first kappa shape index (κ1) is 14.0. The molecule has 0 amide bonds. The summed E-state index contributed by atoms with van der Waals surface area (Å²) in [6.07, 6.45) is 2.35. The second kappa shape index (κ2) is 8.12. The number of hydrogen-bond donors (Lipinski definition) is 2. The van der Waals surface area contributed by atoms with Gasteiger partial charge in [-0.05, 0) is 24.1 Å². The summed E-state index contributed by atoms with van der Waals surface area (Å²) >= 11 is 3.46. The van der Waals surface area contributed by atoms with E-state index < -0.39 is 0 Å². The minimum absolute atomic E-state index is 0.783. The Kier molecular flexibility index (Phi) is 6.70. The zero-order chi connectivity index (χ0) is 12.5. The Morgan fingerprint density at radius 1 is 1.35 bits per heavy atom. The van der Waals surface area contributed by atoms with Crippen molar-refractivity contribution < 1.29 is 0 Å². The van der Waals surface area contributed by atoms with E-state index in [1.807, 2.05) is 12.1 Å². The third kappa shape index (κ3) is 5.73. The van der Waals surface area contributed by atoms with Gasteiger partial charge >= 0.3 is 0 Å². The Morgan fingerprint density at radius 2 is 2.18 bits per heavy atom. The number of nitrogens with one attached hydrogen (secondary N) is 2. The molecular weight excluding hydrogens is 278 g/mol. The maximum atomic E-state index is 4.18. The van der Waals surface area contributed by atoms with Crippen LogP contribution in [0.4, 0.5) is 0 Å². The largest absolute Gasteiger partial charge is 0.356 e. The van der Waals surface area contributed by atoms with Gasteiger partial charge in [0.1, 0.15) is 0 Å². The normalized spacial score (nSPS) is 11.4. The average Bonchev–Trinajstić information content (AvgIpc) is 2.34. The highest BCUT2D eigenvalue weighted by Crippen LogP contribution is 2.11. The lowest BCUT2D eigenvalue weighted by molar-refractivity contribution is 0.729. The van der Waals surface area contributed by atoms with Crippen molar-refractivity contribution in [2.24, 2.45) is 4.99 Å². The van der Waals surface area contributed by atoms with Crippen molar-refractivity contribution in [1.82, 2.24) is 10.6 Å². The molecule has 1 aromatic rings. The van der Waals surface area contributed by atoms with E-state index in [9.17, 15) is 0 Å². The van der Waals surface area contributed by atoms with Crippen LogP contribution in [0.25, 0.3) is 0 Å². The van der Waals surface area contributed by atoms with Crippen LogP contribution in [0, 0.1) is 0 Å². The molecule has 0 bridgehead atoms. The van der Waals surface area contributed by atoms with Gasteiger partial charge in [0.25, 0.3) is 0 Å². The van der Waals surface area contributed by atoms with Crippen molar-refractivity contribution in [2.45, 2.75) is 26.3 Å². The molecule has 0 atom stereocenters. The molecule has 0 heterocycles. The van der Waals surface area contributed by atoms with Crippen LogP contribution in [-0.4, -0.2) is 19.6 Å². The summed E-state index contributed by atoms with van der Waals surface area (Å²) in [6.45, 7) is 3.93. The van der Waals surface area contributed by atoms with Crippen molar-refractivity contribution in [1.29, 1.82) is 0 Å². The third-order valence-electron chi connectivity index (χ3n) is 2.40. The molecule has 0 radical (unpaired) electrons. The number of benzene rings is 1. The molecular formula is C13H20BrN3. The van der Waals surface area contributed by atoms with Gasteiger partial charge in [-0.25, -0.2) is 0 Å². The molecule has 0 aliphatic carbocycles. The highest BCUT2D eigenvalue weighted by molar-refractivity contribution is 9.10. The minimum Gasteiger partial charge on any atom is -0.356 e. The fourth-order valence-electron chi connectivity index (χ4n) is 1.44. The Morgan fingerprint density at radius 3 is 2.82 bits per heavy atom. The van der Waals surface area contributed by atoms with Crippen LogP contribution >= 0.6 is 15.9 Å². The Hall–Kier alpha value is -1.03. The van der Waals surface area contributed by atoms with E-state index in [-0.39, 0.29) is 0 Å². The maximum absolute atomic E-state index is 4.18. The summed E-state index contributed by atoms with van der Waals surface area (Å²) in [5.41, 5.74) is 1.23. The second-order valence-corrected chi connectivity index (χ2v) is 4.75. The van der Waals surface area contributed by atoms with Crippen molar-refractivity contribution in [3.05, 3.63) is 34.3 Å². The first-order valence-corrected chi connectivity index (χ1v) is 6.74. The van der Waals surface area contributed by atoms with Gasteiger partial charge in [0.05, 0.1) is 0 Å². The quantitative estimate of drug-likeness (QED) is 0.498. The molecule has 0 saturated heterocycles. The molecule has 4 heteroatoms. The van der Waals surface area contributed by atoms with E-state index in [1.54, 1.807) is 7.05 Å². The van der Waals surface area contributed by atoms with E-state index in [0.717, 1.165) is 29.9 Å². The van der Waals surface area contributed by atoms with Crippen molar-refractivity contribution in [2.75, 3.05) is 13.6 Å². The van der Waals surface area contributed by atoms with Gasteiger partial charge in [-0.15, -0.1) is 0 Å². The van der Waals surface area contributed by atoms with Gasteiger partial charge < -0.3 is 10.6 Å². The lowest BCUT2D eigenvalue weighted by Gasteiger charge is -2.11. The van der Waals surface area contributed by atoms with E-state index in [0.29, 0.717) is 0 Å². The molecule has 0 fully saturated rings. The molecule has 3 nitrogen and oxygen atoms in total. The molecule has 0 saturated carbocycles. The van der Waals surface area contributed by atoms with Crippen LogP contribution < -0.4 is 10.6 Å². The summed E-state index contributed by atoms with van der Waals surface area (Å²) < 4.78 is 1.10. The Labute approximate surface area is 112 Å². The fourth-order valence-corrected chi connectivity index (χ4v) is 1.88. The molecule has 94 valence electrons. The monoisotopic (exact) mass is 297 g/mol. The molecule has 1 rings (SSSR count). The Bertz CT molecular complexity index is 363. The number of aliphatic imine (C=N–C) groups is 1. The zero-order valence-electron chi connectivity index (χ0n) is 10.5.